The van der Waals surface area contributed by atoms with Gasteiger partial charge in [0.25, 0.3) is 0 Å². The number of nitrogens with zero attached hydrogens (tertiary/aromatic N) is 3. The van der Waals surface area contributed by atoms with Crippen molar-refractivity contribution in [2.24, 2.45) is 7.05 Å². The number of halogens is 1. The largest absolute Gasteiger partial charge is 0.466 e. The molecule has 2 aromatic rings. The highest BCUT2D eigenvalue weighted by Gasteiger charge is 2.10. The molecule has 0 saturated heterocycles. The number of aromatic nitrogens is 3. The monoisotopic (exact) mass is 326 g/mol. The number of fused-ring (bicyclic) bond motifs is 1. The third-order valence-corrected chi connectivity index (χ3v) is 3.02. The first-order valence-corrected chi connectivity index (χ1v) is 6.79. The van der Waals surface area contributed by atoms with Crippen LogP contribution in [0.2, 0.25) is 0 Å². The minimum absolute atomic E-state index is 0.217. The maximum absolute atomic E-state index is 11.2. The average Bonchev–Trinajstić information content (AvgIpc) is 2.66. The zero-order chi connectivity index (χ0) is 13.8. The summed E-state index contributed by atoms with van der Waals surface area (Å²) in [4.78, 5) is 15.6. The molecule has 0 fully saturated rings. The van der Waals surface area contributed by atoms with E-state index in [0.717, 1.165) is 15.5 Å². The lowest BCUT2D eigenvalue weighted by atomic mass is 10.3. The third-order valence-electron chi connectivity index (χ3n) is 2.58. The van der Waals surface area contributed by atoms with Crippen molar-refractivity contribution in [3.63, 3.8) is 0 Å². The zero-order valence-corrected chi connectivity index (χ0v) is 12.4. The first kappa shape index (κ1) is 13.8. The number of ether oxygens (including phenoxy) is 1. The Hall–Kier alpha value is -1.63. The molecule has 0 unspecified atom stereocenters. The maximum Gasteiger partial charge on any atom is 0.307 e. The van der Waals surface area contributed by atoms with Crippen molar-refractivity contribution in [3.8, 4) is 0 Å². The molecule has 0 atom stereocenters. The van der Waals surface area contributed by atoms with E-state index in [9.17, 15) is 4.79 Å². The molecule has 0 radical (unpaired) electrons. The molecule has 0 amide bonds. The lowest BCUT2D eigenvalue weighted by molar-refractivity contribution is -0.142. The standard InChI is InChI=1S/C12H15BrN4O2/c1-3-19-10(18)4-5-14-12-11-9(17(2)16-12)6-8(13)7-15-11/h6-7H,3-5H2,1-2H3,(H,14,16). The van der Waals surface area contributed by atoms with Gasteiger partial charge in [0.05, 0.1) is 18.5 Å². The fraction of sp³-hybridized carbons (Fsp3) is 0.417. The minimum Gasteiger partial charge on any atom is -0.466 e. The summed E-state index contributed by atoms with van der Waals surface area (Å²) in [5.41, 5.74) is 1.71. The Bertz CT molecular complexity index is 597. The average molecular weight is 327 g/mol. The van der Waals surface area contributed by atoms with E-state index in [4.69, 9.17) is 4.74 Å². The second-order valence-corrected chi connectivity index (χ2v) is 4.89. The van der Waals surface area contributed by atoms with Crippen LogP contribution >= 0.6 is 15.9 Å². The molecule has 0 bridgehead atoms. The van der Waals surface area contributed by atoms with Gasteiger partial charge in [0.15, 0.2) is 5.82 Å². The lowest BCUT2D eigenvalue weighted by Gasteiger charge is -2.03. The molecule has 2 heterocycles. The molecule has 102 valence electrons. The Balaban J connectivity index is 2.07. The topological polar surface area (TPSA) is 69.0 Å². The molecular formula is C12H15BrN4O2. The summed E-state index contributed by atoms with van der Waals surface area (Å²) in [6, 6.07) is 1.95. The molecule has 2 aromatic heterocycles. The number of rotatable bonds is 5. The van der Waals surface area contributed by atoms with Crippen LogP contribution in [-0.2, 0) is 16.6 Å². The number of anilines is 1. The normalized spacial score (nSPS) is 10.7. The van der Waals surface area contributed by atoms with E-state index in [1.165, 1.54) is 0 Å². The Kier molecular flexibility index (Phi) is 4.36. The van der Waals surface area contributed by atoms with Crippen LogP contribution in [0.4, 0.5) is 5.82 Å². The van der Waals surface area contributed by atoms with Gasteiger partial charge in [0.1, 0.15) is 5.52 Å². The van der Waals surface area contributed by atoms with Crippen LogP contribution in [0.15, 0.2) is 16.7 Å². The quantitative estimate of drug-likeness (QED) is 0.852. The molecule has 0 aliphatic carbocycles. The molecule has 0 aliphatic heterocycles. The van der Waals surface area contributed by atoms with Gasteiger partial charge in [-0.2, -0.15) is 5.10 Å². The highest BCUT2D eigenvalue weighted by atomic mass is 79.9. The molecule has 0 aliphatic rings. The Morgan fingerprint density at radius 3 is 3.11 bits per heavy atom. The van der Waals surface area contributed by atoms with Gasteiger partial charge in [-0.15, -0.1) is 0 Å². The van der Waals surface area contributed by atoms with E-state index < -0.39 is 0 Å². The Labute approximate surface area is 119 Å². The third kappa shape index (κ3) is 3.23. The molecule has 7 heteroatoms. The number of hydrogen-bond acceptors (Lipinski definition) is 5. The summed E-state index contributed by atoms with van der Waals surface area (Å²) in [5, 5.41) is 7.45. The van der Waals surface area contributed by atoms with Crippen molar-refractivity contribution in [3.05, 3.63) is 16.7 Å². The summed E-state index contributed by atoms with van der Waals surface area (Å²) in [6.07, 6.45) is 2.03. The predicted octanol–water partition coefficient (Wildman–Crippen LogP) is 2.10. The fourth-order valence-corrected chi connectivity index (χ4v) is 2.06. The summed E-state index contributed by atoms with van der Waals surface area (Å²) in [7, 11) is 1.85. The van der Waals surface area contributed by atoms with Crippen LogP contribution in [-0.4, -0.2) is 33.9 Å². The van der Waals surface area contributed by atoms with Gasteiger partial charge in [-0.25, -0.2) is 4.98 Å². The van der Waals surface area contributed by atoms with Crippen LogP contribution in [0.5, 0.6) is 0 Å². The molecule has 6 nitrogen and oxygen atoms in total. The molecular weight excluding hydrogens is 312 g/mol. The van der Waals surface area contributed by atoms with Gasteiger partial charge in [-0.1, -0.05) is 0 Å². The second-order valence-electron chi connectivity index (χ2n) is 3.98. The van der Waals surface area contributed by atoms with Crippen molar-refractivity contribution in [2.75, 3.05) is 18.5 Å². The number of nitrogens with one attached hydrogen (secondary N) is 1. The van der Waals surface area contributed by atoms with Crippen molar-refractivity contribution in [1.82, 2.24) is 14.8 Å². The lowest BCUT2D eigenvalue weighted by Crippen LogP contribution is -2.11. The maximum atomic E-state index is 11.2. The number of esters is 1. The second kappa shape index (κ2) is 6.01. The van der Waals surface area contributed by atoms with E-state index in [1.54, 1.807) is 17.8 Å². The molecule has 0 spiro atoms. The van der Waals surface area contributed by atoms with Crippen molar-refractivity contribution < 1.29 is 9.53 Å². The molecule has 0 saturated carbocycles. The Morgan fingerprint density at radius 2 is 2.37 bits per heavy atom. The minimum atomic E-state index is -0.217. The van der Waals surface area contributed by atoms with Gasteiger partial charge in [0, 0.05) is 24.3 Å². The van der Waals surface area contributed by atoms with Crippen molar-refractivity contribution in [1.29, 1.82) is 0 Å². The molecule has 19 heavy (non-hydrogen) atoms. The van der Waals surface area contributed by atoms with Crippen LogP contribution < -0.4 is 5.32 Å². The van der Waals surface area contributed by atoms with Crippen LogP contribution in [0, 0.1) is 0 Å². The number of hydrogen-bond donors (Lipinski definition) is 1. The van der Waals surface area contributed by atoms with Gasteiger partial charge >= 0.3 is 5.97 Å². The molecule has 2 rings (SSSR count). The summed E-state index contributed by atoms with van der Waals surface area (Å²) >= 11 is 3.38. The summed E-state index contributed by atoms with van der Waals surface area (Å²) < 4.78 is 7.52. The first-order valence-electron chi connectivity index (χ1n) is 5.99. The summed E-state index contributed by atoms with van der Waals surface area (Å²) in [5.74, 6) is 0.459. The smallest absolute Gasteiger partial charge is 0.307 e. The van der Waals surface area contributed by atoms with E-state index in [2.05, 4.69) is 31.3 Å². The highest BCUT2D eigenvalue weighted by molar-refractivity contribution is 9.10. The van der Waals surface area contributed by atoms with E-state index >= 15 is 0 Å². The van der Waals surface area contributed by atoms with E-state index in [1.807, 2.05) is 13.1 Å². The van der Waals surface area contributed by atoms with Crippen LogP contribution in [0.3, 0.4) is 0 Å². The Morgan fingerprint density at radius 1 is 1.58 bits per heavy atom. The van der Waals surface area contributed by atoms with E-state index in [0.29, 0.717) is 25.4 Å². The summed E-state index contributed by atoms with van der Waals surface area (Å²) in [6.45, 7) is 2.67. The van der Waals surface area contributed by atoms with E-state index in [-0.39, 0.29) is 5.97 Å². The van der Waals surface area contributed by atoms with Crippen LogP contribution in [0.1, 0.15) is 13.3 Å². The van der Waals surface area contributed by atoms with Gasteiger partial charge < -0.3 is 10.1 Å². The predicted molar refractivity (Wildman–Crippen MR) is 75.9 cm³/mol. The SMILES string of the molecule is CCOC(=O)CCNc1nn(C)c2cc(Br)cnc12. The number of carbonyl (C=O) groups is 1. The molecule has 0 aromatic carbocycles. The number of pyridine rings is 1. The number of aryl methyl sites for hydroxylation is 1. The van der Waals surface area contributed by atoms with Gasteiger partial charge in [0.2, 0.25) is 0 Å². The van der Waals surface area contributed by atoms with Crippen molar-refractivity contribution >= 4 is 38.8 Å². The zero-order valence-electron chi connectivity index (χ0n) is 10.8. The number of carbonyl (C=O) groups excluding carboxylic acids is 1. The van der Waals surface area contributed by atoms with Gasteiger partial charge in [-0.05, 0) is 28.9 Å². The molecule has 1 N–H and O–H groups in total. The highest BCUT2D eigenvalue weighted by Crippen LogP contribution is 2.22. The van der Waals surface area contributed by atoms with Crippen LogP contribution in [0.25, 0.3) is 11.0 Å². The first-order chi connectivity index (χ1) is 9.11. The van der Waals surface area contributed by atoms with Crippen molar-refractivity contribution in [2.45, 2.75) is 13.3 Å². The van der Waals surface area contributed by atoms with Gasteiger partial charge in [-0.3, -0.25) is 9.48 Å². The fourth-order valence-electron chi connectivity index (χ4n) is 1.74.